The first-order chi connectivity index (χ1) is 9.59. The monoisotopic (exact) mass is 265 g/mol. The number of benzene rings is 2. The van der Waals surface area contributed by atoms with Gasteiger partial charge in [-0.1, -0.05) is 36.4 Å². The Morgan fingerprint density at radius 2 is 1.65 bits per heavy atom. The van der Waals surface area contributed by atoms with Crippen molar-refractivity contribution in [3.8, 4) is 5.75 Å². The van der Waals surface area contributed by atoms with Crippen molar-refractivity contribution in [1.29, 1.82) is 0 Å². The largest absolute Gasteiger partial charge is 0.508 e. The fourth-order valence-corrected chi connectivity index (χ4v) is 2.44. The summed E-state index contributed by atoms with van der Waals surface area (Å²) in [5.74, 6) is 0.181. The molecule has 0 aliphatic carbocycles. The lowest BCUT2D eigenvalue weighted by atomic mass is 9.87. The number of fused-ring (bicyclic) bond motifs is 1. The third kappa shape index (κ3) is 2.02. The number of phenolic OH excluding ortho intramolecular Hbond substituents is 1. The van der Waals surface area contributed by atoms with Gasteiger partial charge < -0.3 is 10.2 Å². The predicted molar refractivity (Wildman–Crippen MR) is 78.5 cm³/mol. The van der Waals surface area contributed by atoms with Crippen LogP contribution < -0.4 is 0 Å². The Bertz CT molecular complexity index is 743. The van der Waals surface area contributed by atoms with Crippen molar-refractivity contribution < 1.29 is 10.2 Å². The summed E-state index contributed by atoms with van der Waals surface area (Å²) >= 11 is 0. The minimum atomic E-state index is -1.17. The van der Waals surface area contributed by atoms with E-state index in [1.165, 1.54) is 0 Å². The molecule has 3 aromatic rings. The highest BCUT2D eigenvalue weighted by Crippen LogP contribution is 2.33. The molecule has 0 aliphatic heterocycles. The van der Waals surface area contributed by atoms with Gasteiger partial charge in [-0.2, -0.15) is 0 Å². The summed E-state index contributed by atoms with van der Waals surface area (Å²) in [6.07, 6.45) is 1.72. The van der Waals surface area contributed by atoms with E-state index in [9.17, 15) is 10.2 Å². The van der Waals surface area contributed by atoms with Gasteiger partial charge in [0.25, 0.3) is 0 Å². The molecule has 0 spiro atoms. The number of nitrogens with zero attached hydrogens (tertiary/aromatic N) is 1. The average Bonchev–Trinajstić information content (AvgIpc) is 2.47. The molecule has 3 heteroatoms. The fraction of sp³-hybridized carbons (Fsp3) is 0.118. The van der Waals surface area contributed by atoms with Crippen LogP contribution in [-0.2, 0) is 5.60 Å². The summed E-state index contributed by atoms with van der Waals surface area (Å²) in [4.78, 5) is 4.38. The van der Waals surface area contributed by atoms with E-state index < -0.39 is 5.60 Å². The Morgan fingerprint density at radius 1 is 0.950 bits per heavy atom. The summed E-state index contributed by atoms with van der Waals surface area (Å²) < 4.78 is 0. The van der Waals surface area contributed by atoms with Crippen molar-refractivity contribution in [3.63, 3.8) is 0 Å². The van der Waals surface area contributed by atoms with Gasteiger partial charge in [0, 0.05) is 17.1 Å². The van der Waals surface area contributed by atoms with Crippen molar-refractivity contribution in [2.24, 2.45) is 0 Å². The maximum Gasteiger partial charge on any atom is 0.115 e. The number of phenols is 1. The molecule has 100 valence electrons. The summed E-state index contributed by atoms with van der Waals surface area (Å²) in [7, 11) is 0. The molecule has 0 fully saturated rings. The molecule has 1 unspecified atom stereocenters. The van der Waals surface area contributed by atoms with Crippen LogP contribution in [0.2, 0.25) is 0 Å². The van der Waals surface area contributed by atoms with Crippen molar-refractivity contribution in [3.05, 3.63) is 71.9 Å². The van der Waals surface area contributed by atoms with Gasteiger partial charge in [0.05, 0.1) is 5.52 Å². The normalized spacial score (nSPS) is 14.1. The van der Waals surface area contributed by atoms with Crippen LogP contribution in [0.4, 0.5) is 0 Å². The van der Waals surface area contributed by atoms with E-state index in [2.05, 4.69) is 4.98 Å². The molecule has 0 amide bonds. The molecule has 1 heterocycles. The smallest absolute Gasteiger partial charge is 0.115 e. The molecule has 1 aromatic heterocycles. The summed E-state index contributed by atoms with van der Waals surface area (Å²) in [5.41, 5.74) is 1.09. The highest BCUT2D eigenvalue weighted by molar-refractivity contribution is 5.82. The van der Waals surface area contributed by atoms with E-state index in [0.717, 1.165) is 16.5 Å². The first kappa shape index (κ1) is 12.6. The minimum Gasteiger partial charge on any atom is -0.508 e. The van der Waals surface area contributed by atoms with Crippen LogP contribution in [0.3, 0.4) is 0 Å². The SMILES string of the molecule is CC(O)(c1ccc(O)cc1)c1cccc2cccnc12. The van der Waals surface area contributed by atoms with Gasteiger partial charge in [0.15, 0.2) is 0 Å². The van der Waals surface area contributed by atoms with Crippen LogP contribution in [0.15, 0.2) is 60.8 Å². The number of pyridine rings is 1. The standard InChI is InChI=1S/C17H15NO2/c1-17(20,13-7-9-14(19)10-8-13)15-6-2-4-12-5-3-11-18-16(12)15/h2-11,19-20H,1H3. The zero-order valence-corrected chi connectivity index (χ0v) is 11.1. The molecule has 20 heavy (non-hydrogen) atoms. The lowest BCUT2D eigenvalue weighted by Gasteiger charge is -2.25. The molecule has 0 bridgehead atoms. The third-order valence-electron chi connectivity index (χ3n) is 3.59. The minimum absolute atomic E-state index is 0.181. The van der Waals surface area contributed by atoms with Crippen LogP contribution in [-0.4, -0.2) is 15.2 Å². The zero-order chi connectivity index (χ0) is 14.2. The topological polar surface area (TPSA) is 53.4 Å². The summed E-state index contributed by atoms with van der Waals surface area (Å²) in [6.45, 7) is 1.74. The Hall–Kier alpha value is -2.39. The second-order valence-corrected chi connectivity index (χ2v) is 5.00. The van der Waals surface area contributed by atoms with Gasteiger partial charge in [-0.3, -0.25) is 4.98 Å². The summed E-state index contributed by atoms with van der Waals surface area (Å²) in [6, 6.07) is 16.2. The number of aromatic hydroxyl groups is 1. The average molecular weight is 265 g/mol. The molecule has 0 saturated carbocycles. The van der Waals surface area contributed by atoms with Crippen molar-refractivity contribution in [2.75, 3.05) is 0 Å². The first-order valence-electron chi connectivity index (χ1n) is 6.45. The van der Waals surface area contributed by atoms with Crippen LogP contribution >= 0.6 is 0 Å². The number of aromatic nitrogens is 1. The third-order valence-corrected chi connectivity index (χ3v) is 3.59. The second kappa shape index (κ2) is 4.62. The maximum absolute atomic E-state index is 10.9. The zero-order valence-electron chi connectivity index (χ0n) is 11.1. The Balaban J connectivity index is 2.20. The summed E-state index contributed by atoms with van der Waals surface area (Å²) in [5, 5.41) is 21.3. The fourth-order valence-electron chi connectivity index (χ4n) is 2.44. The van der Waals surface area contributed by atoms with Crippen molar-refractivity contribution >= 4 is 10.9 Å². The molecule has 0 aliphatic rings. The van der Waals surface area contributed by atoms with Crippen LogP contribution in [0, 0.1) is 0 Å². The van der Waals surface area contributed by atoms with Crippen LogP contribution in [0.1, 0.15) is 18.1 Å². The molecule has 3 rings (SSSR count). The van der Waals surface area contributed by atoms with Gasteiger partial charge in [-0.15, -0.1) is 0 Å². The predicted octanol–water partition coefficient (Wildman–Crippen LogP) is 3.20. The highest BCUT2D eigenvalue weighted by atomic mass is 16.3. The lowest BCUT2D eigenvalue weighted by molar-refractivity contribution is 0.104. The molecule has 3 nitrogen and oxygen atoms in total. The quantitative estimate of drug-likeness (QED) is 0.748. The van der Waals surface area contributed by atoms with E-state index >= 15 is 0 Å². The molecule has 2 aromatic carbocycles. The molecular formula is C17H15NO2. The van der Waals surface area contributed by atoms with Crippen molar-refractivity contribution in [2.45, 2.75) is 12.5 Å². The van der Waals surface area contributed by atoms with Crippen molar-refractivity contribution in [1.82, 2.24) is 4.98 Å². The van der Waals surface area contributed by atoms with Gasteiger partial charge in [-0.25, -0.2) is 0 Å². The Labute approximate surface area is 117 Å². The number of rotatable bonds is 2. The highest BCUT2D eigenvalue weighted by Gasteiger charge is 2.27. The number of para-hydroxylation sites is 1. The van der Waals surface area contributed by atoms with E-state index in [-0.39, 0.29) is 5.75 Å². The molecule has 0 radical (unpaired) electrons. The van der Waals surface area contributed by atoms with E-state index in [0.29, 0.717) is 5.56 Å². The lowest BCUT2D eigenvalue weighted by Crippen LogP contribution is -2.23. The van der Waals surface area contributed by atoms with E-state index in [1.54, 1.807) is 37.4 Å². The molecule has 0 saturated heterocycles. The first-order valence-corrected chi connectivity index (χ1v) is 6.45. The number of hydrogen-bond donors (Lipinski definition) is 2. The number of hydrogen-bond acceptors (Lipinski definition) is 3. The maximum atomic E-state index is 10.9. The Kier molecular flexibility index (Phi) is 2.92. The number of aliphatic hydroxyl groups is 1. The molecular weight excluding hydrogens is 250 g/mol. The van der Waals surface area contributed by atoms with E-state index in [1.807, 2.05) is 30.3 Å². The molecule has 1 atom stereocenters. The van der Waals surface area contributed by atoms with Crippen LogP contribution in [0.5, 0.6) is 5.75 Å². The van der Waals surface area contributed by atoms with Crippen LogP contribution in [0.25, 0.3) is 10.9 Å². The Morgan fingerprint density at radius 3 is 2.40 bits per heavy atom. The van der Waals surface area contributed by atoms with Gasteiger partial charge in [0.2, 0.25) is 0 Å². The second-order valence-electron chi connectivity index (χ2n) is 5.00. The van der Waals surface area contributed by atoms with Gasteiger partial charge in [-0.05, 0) is 30.7 Å². The molecule has 2 N–H and O–H groups in total. The van der Waals surface area contributed by atoms with E-state index in [4.69, 9.17) is 0 Å². The van der Waals surface area contributed by atoms with Gasteiger partial charge in [0.1, 0.15) is 11.4 Å². The van der Waals surface area contributed by atoms with Gasteiger partial charge >= 0.3 is 0 Å².